The van der Waals surface area contributed by atoms with E-state index in [1.165, 1.54) is 12.1 Å². The molecule has 0 amide bonds. The Balaban J connectivity index is 2.17. The van der Waals surface area contributed by atoms with E-state index in [0.29, 0.717) is 12.4 Å². The Hall–Kier alpha value is -3.01. The fourth-order valence-corrected chi connectivity index (χ4v) is 1.67. The molecule has 0 aliphatic heterocycles. The van der Waals surface area contributed by atoms with E-state index in [2.05, 4.69) is 15.3 Å². The quantitative estimate of drug-likeness (QED) is 0.673. The fourth-order valence-electron chi connectivity index (χ4n) is 1.67. The largest absolute Gasteiger partial charge is 0.366 e. The van der Waals surface area contributed by atoms with Gasteiger partial charge in [0.2, 0.25) is 5.69 Å². The average Bonchev–Trinajstić information content (AvgIpc) is 2.46. The van der Waals surface area contributed by atoms with Gasteiger partial charge in [-0.3, -0.25) is 15.1 Å². The summed E-state index contributed by atoms with van der Waals surface area (Å²) in [4.78, 5) is 18.0. The highest BCUT2D eigenvalue weighted by molar-refractivity contribution is 5.50. The number of nitro groups is 1. The molecule has 7 heteroatoms. The minimum Gasteiger partial charge on any atom is -0.366 e. The number of nitrogens with zero attached hydrogens (tertiary/aromatic N) is 4. The summed E-state index contributed by atoms with van der Waals surface area (Å²) in [5, 5.41) is 22.6. The molecule has 0 radical (unpaired) electrons. The van der Waals surface area contributed by atoms with E-state index in [9.17, 15) is 10.1 Å². The molecule has 0 aromatic carbocycles. The molecule has 2 aromatic heterocycles. The van der Waals surface area contributed by atoms with Crippen LogP contribution in [0.1, 0.15) is 16.8 Å². The van der Waals surface area contributed by atoms with Gasteiger partial charge in [-0.1, -0.05) is 0 Å². The molecule has 0 unspecified atom stereocenters. The van der Waals surface area contributed by atoms with Gasteiger partial charge in [0.1, 0.15) is 11.9 Å². The fraction of sp³-hybridized carbons (Fsp3) is 0.154. The molecule has 2 rings (SSSR count). The van der Waals surface area contributed by atoms with Crippen molar-refractivity contribution in [3.8, 4) is 6.07 Å². The van der Waals surface area contributed by atoms with E-state index >= 15 is 0 Å². The highest BCUT2D eigenvalue weighted by Crippen LogP contribution is 2.18. The van der Waals surface area contributed by atoms with Gasteiger partial charge in [-0.05, 0) is 30.2 Å². The van der Waals surface area contributed by atoms with E-state index in [-0.39, 0.29) is 11.4 Å². The number of nitrogens with one attached hydrogen (secondary N) is 1. The van der Waals surface area contributed by atoms with E-state index in [1.807, 2.05) is 13.0 Å². The first kappa shape index (κ1) is 13.4. The van der Waals surface area contributed by atoms with Gasteiger partial charge in [-0.2, -0.15) is 5.26 Å². The Morgan fingerprint density at radius 3 is 2.90 bits per heavy atom. The molecule has 100 valence electrons. The number of aromatic nitrogens is 2. The van der Waals surface area contributed by atoms with Crippen LogP contribution >= 0.6 is 0 Å². The summed E-state index contributed by atoms with van der Waals surface area (Å²) in [6, 6.07) is 6.35. The Morgan fingerprint density at radius 1 is 1.45 bits per heavy atom. The Labute approximate surface area is 115 Å². The zero-order valence-corrected chi connectivity index (χ0v) is 10.7. The summed E-state index contributed by atoms with van der Waals surface area (Å²) in [5.41, 5.74) is 1.57. The standard InChI is InChI=1S/C13H11N5O2/c1-9-7-15-5-4-10(9)8-16-13-3-2-12(18(19)20)11(6-14)17-13/h2-5,7H,8H2,1H3,(H,16,17). The highest BCUT2D eigenvalue weighted by atomic mass is 16.6. The summed E-state index contributed by atoms with van der Waals surface area (Å²) in [7, 11) is 0. The van der Waals surface area contributed by atoms with Crippen LogP contribution in [0.5, 0.6) is 0 Å². The molecule has 7 nitrogen and oxygen atoms in total. The van der Waals surface area contributed by atoms with Crippen molar-refractivity contribution < 1.29 is 4.92 Å². The van der Waals surface area contributed by atoms with Crippen LogP contribution in [0.25, 0.3) is 0 Å². The van der Waals surface area contributed by atoms with Gasteiger partial charge in [0.05, 0.1) is 4.92 Å². The van der Waals surface area contributed by atoms with E-state index in [0.717, 1.165) is 11.1 Å². The first-order valence-electron chi connectivity index (χ1n) is 5.80. The molecule has 0 saturated carbocycles. The molecular formula is C13H11N5O2. The molecule has 2 heterocycles. The third-order valence-electron chi connectivity index (χ3n) is 2.77. The lowest BCUT2D eigenvalue weighted by Crippen LogP contribution is -2.05. The first-order chi connectivity index (χ1) is 9.61. The number of rotatable bonds is 4. The van der Waals surface area contributed by atoms with Crippen molar-refractivity contribution in [1.82, 2.24) is 9.97 Å². The number of hydrogen-bond donors (Lipinski definition) is 1. The first-order valence-corrected chi connectivity index (χ1v) is 5.80. The second-order valence-corrected chi connectivity index (χ2v) is 4.09. The zero-order chi connectivity index (χ0) is 14.5. The summed E-state index contributed by atoms with van der Waals surface area (Å²) in [6.07, 6.45) is 3.44. The zero-order valence-electron chi connectivity index (χ0n) is 10.7. The summed E-state index contributed by atoms with van der Waals surface area (Å²) in [6.45, 7) is 2.44. The van der Waals surface area contributed by atoms with Crippen LogP contribution in [0.2, 0.25) is 0 Å². The lowest BCUT2D eigenvalue weighted by atomic mass is 10.1. The minimum absolute atomic E-state index is 0.202. The smallest absolute Gasteiger partial charge is 0.305 e. The minimum atomic E-state index is -0.623. The number of hydrogen-bond acceptors (Lipinski definition) is 6. The molecule has 0 fully saturated rings. The SMILES string of the molecule is Cc1cnccc1CNc1ccc([N+](=O)[O-])c(C#N)n1. The van der Waals surface area contributed by atoms with Gasteiger partial charge in [0, 0.05) is 25.0 Å². The molecule has 0 bridgehead atoms. The monoisotopic (exact) mass is 269 g/mol. The predicted octanol–water partition coefficient (Wildman–Crippen LogP) is 2.18. The third-order valence-corrected chi connectivity index (χ3v) is 2.77. The maximum Gasteiger partial charge on any atom is 0.305 e. The molecule has 0 saturated heterocycles. The Morgan fingerprint density at radius 2 is 2.25 bits per heavy atom. The van der Waals surface area contributed by atoms with Gasteiger partial charge in [0.25, 0.3) is 0 Å². The van der Waals surface area contributed by atoms with Crippen molar-refractivity contribution in [3.63, 3.8) is 0 Å². The predicted molar refractivity (Wildman–Crippen MR) is 71.9 cm³/mol. The van der Waals surface area contributed by atoms with E-state index in [1.54, 1.807) is 18.5 Å². The molecule has 0 aliphatic carbocycles. The molecule has 0 spiro atoms. The lowest BCUT2D eigenvalue weighted by molar-refractivity contribution is -0.385. The van der Waals surface area contributed by atoms with Gasteiger partial charge in [-0.25, -0.2) is 4.98 Å². The number of aryl methyl sites for hydroxylation is 1. The number of nitriles is 1. The van der Waals surface area contributed by atoms with Crippen LogP contribution in [-0.4, -0.2) is 14.9 Å². The second kappa shape index (κ2) is 5.75. The van der Waals surface area contributed by atoms with Crippen LogP contribution in [0.3, 0.4) is 0 Å². The van der Waals surface area contributed by atoms with Crippen LogP contribution < -0.4 is 5.32 Å². The molecule has 0 atom stereocenters. The van der Waals surface area contributed by atoms with E-state index in [4.69, 9.17) is 5.26 Å². The molecular weight excluding hydrogens is 258 g/mol. The summed E-state index contributed by atoms with van der Waals surface area (Å²) >= 11 is 0. The van der Waals surface area contributed by atoms with Crippen LogP contribution in [0.4, 0.5) is 11.5 Å². The van der Waals surface area contributed by atoms with E-state index < -0.39 is 4.92 Å². The van der Waals surface area contributed by atoms with Crippen molar-refractivity contribution in [2.24, 2.45) is 0 Å². The van der Waals surface area contributed by atoms with Crippen molar-refractivity contribution in [1.29, 1.82) is 5.26 Å². The topological polar surface area (TPSA) is 105 Å². The van der Waals surface area contributed by atoms with Crippen molar-refractivity contribution in [3.05, 3.63) is 57.5 Å². The maximum absolute atomic E-state index is 10.7. The van der Waals surface area contributed by atoms with Crippen molar-refractivity contribution in [2.45, 2.75) is 13.5 Å². The second-order valence-electron chi connectivity index (χ2n) is 4.09. The van der Waals surface area contributed by atoms with Gasteiger partial charge in [0.15, 0.2) is 0 Å². The molecule has 20 heavy (non-hydrogen) atoms. The van der Waals surface area contributed by atoms with Crippen LogP contribution in [0, 0.1) is 28.4 Å². The van der Waals surface area contributed by atoms with Crippen molar-refractivity contribution in [2.75, 3.05) is 5.32 Å². The molecule has 1 N–H and O–H groups in total. The molecule has 2 aromatic rings. The van der Waals surface area contributed by atoms with Crippen molar-refractivity contribution >= 4 is 11.5 Å². The summed E-state index contributed by atoms with van der Waals surface area (Å²) < 4.78 is 0. The van der Waals surface area contributed by atoms with Gasteiger partial charge < -0.3 is 5.32 Å². The Bertz CT molecular complexity index is 693. The number of pyridine rings is 2. The number of anilines is 1. The van der Waals surface area contributed by atoms with Gasteiger partial charge >= 0.3 is 5.69 Å². The van der Waals surface area contributed by atoms with Crippen LogP contribution in [-0.2, 0) is 6.54 Å². The molecule has 0 aliphatic rings. The summed E-state index contributed by atoms with van der Waals surface area (Å²) in [5.74, 6) is 0.420. The van der Waals surface area contributed by atoms with Crippen LogP contribution in [0.15, 0.2) is 30.6 Å². The highest BCUT2D eigenvalue weighted by Gasteiger charge is 2.15. The maximum atomic E-state index is 10.7. The normalized spacial score (nSPS) is 9.80. The third kappa shape index (κ3) is 2.87. The lowest BCUT2D eigenvalue weighted by Gasteiger charge is -2.08. The average molecular weight is 269 g/mol. The Kier molecular flexibility index (Phi) is 3.86. The van der Waals surface area contributed by atoms with Gasteiger partial charge in [-0.15, -0.1) is 0 Å².